The molecule has 0 radical (unpaired) electrons. The normalized spacial score (nSPS) is 12.3. The van der Waals surface area contributed by atoms with E-state index in [0.717, 1.165) is 0 Å². The molecule has 1 amide bonds. The number of benzene rings is 2. The van der Waals surface area contributed by atoms with E-state index < -0.39 is 27.5 Å². The van der Waals surface area contributed by atoms with Crippen LogP contribution in [0.2, 0.25) is 0 Å². The minimum absolute atomic E-state index is 0.0455. The number of primary sulfonamides is 1. The molecule has 0 aromatic heterocycles. The van der Waals surface area contributed by atoms with Crippen LogP contribution in [0, 0.1) is 0 Å². The summed E-state index contributed by atoms with van der Waals surface area (Å²) in [4.78, 5) is 24.5. The Morgan fingerprint density at radius 1 is 1.03 bits per heavy atom. The fraction of sp³-hybridized carbons (Fsp3) is 0.250. The number of hydrogen-bond donors (Lipinski definition) is 2. The first-order valence-electron chi connectivity index (χ1n) is 8.73. The molecule has 0 spiro atoms. The highest BCUT2D eigenvalue weighted by Crippen LogP contribution is 2.17. The lowest BCUT2D eigenvalue weighted by Gasteiger charge is -2.18. The topological polar surface area (TPSA) is 128 Å². The number of sulfonamides is 1. The first-order valence-corrected chi connectivity index (χ1v) is 10.3. The maximum Gasteiger partial charge on any atom is 0.428 e. The van der Waals surface area contributed by atoms with Crippen molar-refractivity contribution in [3.8, 4) is 0 Å². The smallest absolute Gasteiger partial charge is 0.428 e. The zero-order valence-corrected chi connectivity index (χ0v) is 17.2. The van der Waals surface area contributed by atoms with Gasteiger partial charge in [0.1, 0.15) is 5.60 Å². The van der Waals surface area contributed by atoms with E-state index in [1.54, 1.807) is 57.2 Å². The average molecular weight is 417 g/mol. The zero-order valence-electron chi connectivity index (χ0n) is 16.4. The van der Waals surface area contributed by atoms with E-state index in [4.69, 9.17) is 9.88 Å². The minimum atomic E-state index is -4.08. The molecule has 0 aliphatic rings. The van der Waals surface area contributed by atoms with Crippen molar-refractivity contribution in [3.05, 3.63) is 65.7 Å². The number of ketones is 1. The van der Waals surface area contributed by atoms with Crippen LogP contribution in [0.4, 0.5) is 4.79 Å². The molecule has 0 fully saturated rings. The summed E-state index contributed by atoms with van der Waals surface area (Å²) in [7, 11) is -4.08. The number of carbonyl (C=O) groups is 2. The van der Waals surface area contributed by atoms with E-state index in [2.05, 4.69) is 10.5 Å². The fourth-order valence-electron chi connectivity index (χ4n) is 2.44. The minimum Gasteiger partial charge on any atom is -0.443 e. The molecular formula is C20H23N3O5S. The molecule has 9 heteroatoms. The van der Waals surface area contributed by atoms with Gasteiger partial charge in [-0.3, -0.25) is 4.79 Å². The first-order chi connectivity index (χ1) is 13.5. The van der Waals surface area contributed by atoms with Crippen LogP contribution in [0.25, 0.3) is 0 Å². The van der Waals surface area contributed by atoms with Crippen LogP contribution in [-0.4, -0.2) is 31.6 Å². The number of amides is 1. The van der Waals surface area contributed by atoms with E-state index >= 15 is 0 Å². The SMILES string of the molecule is CC(C)(C)OC(=O)N/N=C(\CC(=O)c1ccccc1S(N)(=O)=O)c1ccccc1. The van der Waals surface area contributed by atoms with Crippen molar-refractivity contribution >= 4 is 27.6 Å². The molecule has 0 saturated carbocycles. The number of carbonyl (C=O) groups excluding carboxylic acids is 2. The van der Waals surface area contributed by atoms with Crippen molar-refractivity contribution in [2.24, 2.45) is 10.2 Å². The van der Waals surface area contributed by atoms with E-state index in [1.807, 2.05) is 0 Å². The lowest BCUT2D eigenvalue weighted by Crippen LogP contribution is -2.30. The third-order valence-electron chi connectivity index (χ3n) is 3.61. The Morgan fingerprint density at radius 2 is 1.62 bits per heavy atom. The van der Waals surface area contributed by atoms with E-state index in [0.29, 0.717) is 5.56 Å². The largest absolute Gasteiger partial charge is 0.443 e. The van der Waals surface area contributed by atoms with E-state index in [-0.39, 0.29) is 22.6 Å². The molecule has 3 N–H and O–H groups in total. The number of Topliss-reactive ketones (excluding diaryl/α,β-unsaturated/α-hetero) is 1. The average Bonchev–Trinajstić information content (AvgIpc) is 2.63. The summed E-state index contributed by atoms with van der Waals surface area (Å²) in [5.74, 6) is -0.511. The maximum absolute atomic E-state index is 12.8. The van der Waals surface area contributed by atoms with Gasteiger partial charge in [-0.25, -0.2) is 23.8 Å². The van der Waals surface area contributed by atoms with E-state index in [1.165, 1.54) is 18.2 Å². The quantitative estimate of drug-likeness (QED) is 0.424. The fourth-order valence-corrected chi connectivity index (χ4v) is 3.20. The Kier molecular flexibility index (Phi) is 6.89. The molecule has 0 atom stereocenters. The number of hydrazone groups is 1. The van der Waals surface area contributed by atoms with Crippen LogP contribution in [0.3, 0.4) is 0 Å². The van der Waals surface area contributed by atoms with Crippen molar-refractivity contribution in [2.75, 3.05) is 0 Å². The van der Waals surface area contributed by atoms with Crippen LogP contribution >= 0.6 is 0 Å². The summed E-state index contributed by atoms with van der Waals surface area (Å²) in [6.07, 6.45) is -1.03. The summed E-state index contributed by atoms with van der Waals surface area (Å²) < 4.78 is 28.7. The molecule has 0 unspecified atom stereocenters. The summed E-state index contributed by atoms with van der Waals surface area (Å²) in [5.41, 5.74) is 2.34. The van der Waals surface area contributed by atoms with Crippen molar-refractivity contribution in [1.82, 2.24) is 5.43 Å². The first kappa shape index (κ1) is 22.3. The Bertz CT molecular complexity index is 1030. The third kappa shape index (κ3) is 6.81. The molecule has 29 heavy (non-hydrogen) atoms. The molecule has 2 aromatic carbocycles. The van der Waals surface area contributed by atoms with Crippen LogP contribution in [0.1, 0.15) is 43.1 Å². The highest BCUT2D eigenvalue weighted by Gasteiger charge is 2.21. The van der Waals surface area contributed by atoms with Crippen molar-refractivity contribution in [1.29, 1.82) is 0 Å². The van der Waals surface area contributed by atoms with Gasteiger partial charge in [0, 0.05) is 5.56 Å². The van der Waals surface area contributed by atoms with Crippen LogP contribution in [-0.2, 0) is 14.8 Å². The summed E-state index contributed by atoms with van der Waals surface area (Å²) in [6, 6.07) is 14.4. The predicted molar refractivity (Wildman–Crippen MR) is 109 cm³/mol. The van der Waals surface area contributed by atoms with Gasteiger partial charge in [-0.2, -0.15) is 5.10 Å². The zero-order chi connectivity index (χ0) is 21.7. The number of nitrogens with two attached hydrogens (primary N) is 1. The van der Waals surface area contributed by atoms with Crippen LogP contribution in [0.5, 0.6) is 0 Å². The molecular weight excluding hydrogens is 394 g/mol. The molecule has 0 aliphatic heterocycles. The second-order valence-electron chi connectivity index (χ2n) is 7.18. The number of hydrogen-bond acceptors (Lipinski definition) is 6. The Morgan fingerprint density at radius 3 is 2.21 bits per heavy atom. The van der Waals surface area contributed by atoms with Gasteiger partial charge in [0.05, 0.1) is 17.0 Å². The van der Waals surface area contributed by atoms with Gasteiger partial charge in [0.15, 0.2) is 5.78 Å². The summed E-state index contributed by atoms with van der Waals surface area (Å²) in [6.45, 7) is 5.13. The molecule has 0 aliphatic carbocycles. The number of rotatable bonds is 6. The van der Waals surface area contributed by atoms with Gasteiger partial charge >= 0.3 is 6.09 Å². The van der Waals surface area contributed by atoms with Gasteiger partial charge in [0.25, 0.3) is 0 Å². The third-order valence-corrected chi connectivity index (χ3v) is 4.58. The summed E-state index contributed by atoms with van der Waals surface area (Å²) >= 11 is 0. The summed E-state index contributed by atoms with van der Waals surface area (Å²) in [5, 5.41) is 9.24. The van der Waals surface area contributed by atoms with Gasteiger partial charge in [-0.15, -0.1) is 0 Å². The van der Waals surface area contributed by atoms with Crippen LogP contribution < -0.4 is 10.6 Å². The Labute approximate surface area is 169 Å². The maximum atomic E-state index is 12.8. The van der Waals surface area contributed by atoms with Crippen molar-refractivity contribution in [3.63, 3.8) is 0 Å². The number of ether oxygens (including phenoxy) is 1. The molecule has 2 rings (SSSR count). The second kappa shape index (κ2) is 8.97. The standard InChI is InChI=1S/C20H23N3O5S/c1-20(2,3)28-19(25)23-22-16(14-9-5-4-6-10-14)13-17(24)15-11-7-8-12-18(15)29(21,26)27/h4-12H,13H2,1-3H3,(H,23,25)(H2,21,26,27)/b22-16+. The second-order valence-corrected chi connectivity index (χ2v) is 8.71. The highest BCUT2D eigenvalue weighted by molar-refractivity contribution is 7.89. The lowest BCUT2D eigenvalue weighted by atomic mass is 10.0. The lowest BCUT2D eigenvalue weighted by molar-refractivity contribution is 0.0528. The molecule has 8 nitrogen and oxygen atoms in total. The van der Waals surface area contributed by atoms with Crippen LogP contribution in [0.15, 0.2) is 64.6 Å². The molecule has 0 saturated heterocycles. The van der Waals surface area contributed by atoms with E-state index in [9.17, 15) is 18.0 Å². The van der Waals surface area contributed by atoms with Gasteiger partial charge in [-0.1, -0.05) is 48.5 Å². The van der Waals surface area contributed by atoms with Crippen molar-refractivity contribution < 1.29 is 22.7 Å². The molecule has 0 heterocycles. The van der Waals surface area contributed by atoms with Gasteiger partial charge in [-0.05, 0) is 32.4 Å². The van der Waals surface area contributed by atoms with Crippen molar-refractivity contribution in [2.45, 2.75) is 37.7 Å². The van der Waals surface area contributed by atoms with Gasteiger partial charge in [0.2, 0.25) is 10.0 Å². The highest BCUT2D eigenvalue weighted by atomic mass is 32.2. The molecule has 0 bridgehead atoms. The predicted octanol–water partition coefficient (Wildman–Crippen LogP) is 2.84. The molecule has 154 valence electrons. The monoisotopic (exact) mass is 417 g/mol. The number of nitrogens with one attached hydrogen (secondary N) is 1. The Hall–Kier alpha value is -3.04. The molecule has 2 aromatic rings. The Balaban J connectivity index is 2.33. The van der Waals surface area contributed by atoms with Gasteiger partial charge < -0.3 is 4.74 Å². The number of nitrogens with zero attached hydrogens (tertiary/aromatic N) is 1.